The van der Waals surface area contributed by atoms with Gasteiger partial charge in [0.25, 0.3) is 11.7 Å². The van der Waals surface area contributed by atoms with Gasteiger partial charge in [-0.3, -0.25) is 14.4 Å². The van der Waals surface area contributed by atoms with Crippen LogP contribution in [0.4, 0.5) is 4.79 Å². The van der Waals surface area contributed by atoms with Gasteiger partial charge in [-0.1, -0.05) is 71.1 Å². The fourth-order valence-electron chi connectivity index (χ4n) is 11.6. The van der Waals surface area contributed by atoms with Crippen LogP contribution in [0.2, 0.25) is 0 Å². The summed E-state index contributed by atoms with van der Waals surface area (Å²) in [4.78, 5) is 71.0. The molecule has 2 saturated heterocycles. The molecule has 21 nitrogen and oxygen atoms in total. The van der Waals surface area contributed by atoms with Gasteiger partial charge in [0.1, 0.15) is 30.5 Å². The van der Waals surface area contributed by atoms with E-state index < -0.39 is 108 Å². The SMILES string of the molecule is CCOCCOCCOCCOCCOCCNC(=O)O[C@@H]1CC[C@@H](C[C@@H](C)[C@@H]2C[C@@H](O)C(C)/C=C(\C)[C@@H](O)[C@@H](O)C(=O)[C@H](C)C[C@H](C)/C=C/C=C/C=C(\C)[C@@H](OC)C[C@@H]3CC[C@@H](C)[C@@](O)(O3)C(=O)C(=O)N3CCCC[C@H]3C(=O)O2)C[C@H]1OC. The molecule has 0 aromatic heterocycles. The Labute approximate surface area is 499 Å². The number of rotatable bonds is 22. The number of amides is 2. The molecule has 2 bridgehead atoms. The highest BCUT2D eigenvalue weighted by molar-refractivity contribution is 6.39. The molecular weight excluding hydrogens is 1090 g/mol. The summed E-state index contributed by atoms with van der Waals surface area (Å²) in [6, 6.07) is -1.18. The second kappa shape index (κ2) is 38.3. The van der Waals surface area contributed by atoms with Crippen molar-refractivity contribution in [3.63, 3.8) is 0 Å². The highest BCUT2D eigenvalue weighted by Crippen LogP contribution is 2.38. The zero-order valence-corrected chi connectivity index (χ0v) is 52.0. The average Bonchev–Trinajstić information content (AvgIpc) is 2.35. The van der Waals surface area contributed by atoms with E-state index in [1.54, 1.807) is 48.0 Å². The summed E-state index contributed by atoms with van der Waals surface area (Å²) in [5.41, 5.74) is 1.13. The van der Waals surface area contributed by atoms with Crippen LogP contribution >= 0.6 is 0 Å². The zero-order chi connectivity index (χ0) is 61.8. The van der Waals surface area contributed by atoms with Gasteiger partial charge in [-0.2, -0.15) is 0 Å². The van der Waals surface area contributed by atoms with Crippen molar-refractivity contribution in [3.8, 4) is 0 Å². The van der Waals surface area contributed by atoms with Gasteiger partial charge in [0, 0.05) is 64.5 Å². The minimum absolute atomic E-state index is 0.0175. The van der Waals surface area contributed by atoms with Gasteiger partial charge < -0.3 is 78.0 Å². The summed E-state index contributed by atoms with van der Waals surface area (Å²) >= 11 is 0. The second-order valence-electron chi connectivity index (χ2n) is 23.5. The Bertz CT molecular complexity index is 2120. The van der Waals surface area contributed by atoms with Crippen molar-refractivity contribution in [3.05, 3.63) is 47.6 Å². The fourth-order valence-corrected chi connectivity index (χ4v) is 11.6. The van der Waals surface area contributed by atoms with Gasteiger partial charge in [0.15, 0.2) is 5.78 Å². The average molecular weight is 1190 g/mol. The number of allylic oxidation sites excluding steroid dienone is 5. The van der Waals surface area contributed by atoms with Crippen molar-refractivity contribution in [1.29, 1.82) is 0 Å². The molecular formula is C63H104N2O19. The number of hydrogen-bond acceptors (Lipinski definition) is 19. The first-order valence-electron chi connectivity index (χ1n) is 30.8. The first-order chi connectivity index (χ1) is 40.1. The van der Waals surface area contributed by atoms with Gasteiger partial charge in [0.05, 0.1) is 83.9 Å². The lowest BCUT2D eigenvalue weighted by molar-refractivity contribution is -0.265. The highest BCUT2D eigenvalue weighted by Gasteiger charge is 2.53. The van der Waals surface area contributed by atoms with E-state index in [0.717, 1.165) is 5.57 Å². The first-order valence-corrected chi connectivity index (χ1v) is 30.8. The topological polar surface area (TPSA) is 274 Å². The van der Waals surface area contributed by atoms with E-state index in [2.05, 4.69) is 5.32 Å². The smallest absolute Gasteiger partial charge is 0.407 e. The summed E-state index contributed by atoms with van der Waals surface area (Å²) in [5.74, 6) is -8.33. The van der Waals surface area contributed by atoms with Crippen molar-refractivity contribution >= 4 is 29.5 Å². The van der Waals surface area contributed by atoms with Gasteiger partial charge >= 0.3 is 12.1 Å². The number of esters is 1. The van der Waals surface area contributed by atoms with Crippen LogP contribution < -0.4 is 5.32 Å². The number of hydrogen-bond donors (Lipinski definition) is 5. The van der Waals surface area contributed by atoms with E-state index in [0.29, 0.717) is 124 Å². The molecule has 16 atom stereocenters. The molecule has 5 N–H and O–H groups in total. The number of Topliss-reactive ketones (excluding diaryl/α,β-unsaturated/α-hetero) is 2. The van der Waals surface area contributed by atoms with E-state index in [1.165, 1.54) is 4.90 Å². The lowest BCUT2D eigenvalue weighted by atomic mass is 9.78. The normalized spacial score (nSPS) is 34.7. The van der Waals surface area contributed by atoms with Gasteiger partial charge in [-0.15, -0.1) is 0 Å². The van der Waals surface area contributed by atoms with E-state index in [9.17, 15) is 44.4 Å². The van der Waals surface area contributed by atoms with Crippen LogP contribution in [0.15, 0.2) is 47.6 Å². The number of fused-ring (bicyclic) bond motifs is 3. The van der Waals surface area contributed by atoms with Crippen LogP contribution in [0.3, 0.4) is 0 Å². The minimum Gasteiger partial charge on any atom is -0.460 e. The summed E-state index contributed by atoms with van der Waals surface area (Å²) in [5, 5.41) is 49.1. The lowest BCUT2D eigenvalue weighted by Crippen LogP contribution is -2.61. The predicted octanol–water partition coefficient (Wildman–Crippen LogP) is 6.16. The standard InChI is InChI=1S/C63H104N2O19/c1-11-77-27-28-79-31-32-81-34-33-80-30-29-78-26-24-64-62(73)83-52-23-21-48(38-55(52)76-10)37-44(5)54-40-51(66)43(4)36-46(7)57(68)58(69)56(67)45(6)35-41(2)17-13-12-14-18-42(3)53(75-9)39-49-22-20-47(8)63(74,84-49)59(70)60(71)65-25-16-15-19-50(65)61(72)82-54/h12-14,17-18,36,41,43-45,47-55,57-58,66,68-69,74H,11,15-16,19-35,37-40H2,1-10H3,(H,64,73)/b14-12+,17-13+,42-18+,46-36+/t41-,43?,44-,45-,47-,48+,49+,50+,51-,52-,53+,54+,55-,57-,58+,63-/m1/s1. The number of alkyl carbamates (subject to hydrolysis) is 1. The lowest BCUT2D eigenvalue weighted by Gasteiger charge is -2.43. The van der Waals surface area contributed by atoms with E-state index in [4.69, 9.17) is 47.4 Å². The van der Waals surface area contributed by atoms with Crippen molar-refractivity contribution in [2.24, 2.45) is 35.5 Å². The van der Waals surface area contributed by atoms with E-state index in [-0.39, 0.29) is 55.9 Å². The van der Waals surface area contributed by atoms with Gasteiger partial charge in [0.2, 0.25) is 5.79 Å². The van der Waals surface area contributed by atoms with Gasteiger partial charge in [-0.05, 0) is 114 Å². The van der Waals surface area contributed by atoms with Crippen molar-refractivity contribution in [2.45, 2.75) is 193 Å². The molecule has 84 heavy (non-hydrogen) atoms. The number of ketones is 2. The van der Waals surface area contributed by atoms with Crippen LogP contribution in [0.5, 0.6) is 0 Å². The zero-order valence-electron chi connectivity index (χ0n) is 52.0. The van der Waals surface area contributed by atoms with E-state index >= 15 is 0 Å². The number of carbonyl (C=O) groups excluding carboxylic acids is 5. The molecule has 480 valence electrons. The summed E-state index contributed by atoms with van der Waals surface area (Å²) < 4.78 is 57.4. The molecule has 0 aromatic carbocycles. The number of methoxy groups -OCH3 is 2. The molecule has 3 aliphatic heterocycles. The molecule has 2 amide bonds. The molecule has 0 radical (unpaired) electrons. The quantitative estimate of drug-likeness (QED) is 0.0352. The largest absolute Gasteiger partial charge is 0.460 e. The van der Waals surface area contributed by atoms with Crippen LogP contribution in [0.25, 0.3) is 0 Å². The molecule has 3 heterocycles. The maximum absolute atomic E-state index is 14.6. The molecule has 1 unspecified atom stereocenters. The Morgan fingerprint density at radius 3 is 2.05 bits per heavy atom. The van der Waals surface area contributed by atoms with Crippen molar-refractivity contribution in [1.82, 2.24) is 10.2 Å². The second-order valence-corrected chi connectivity index (χ2v) is 23.5. The molecule has 1 saturated carbocycles. The van der Waals surface area contributed by atoms with Crippen LogP contribution in [-0.4, -0.2) is 209 Å². The van der Waals surface area contributed by atoms with Crippen LogP contribution in [0, 0.1) is 35.5 Å². The Morgan fingerprint density at radius 2 is 1.40 bits per heavy atom. The third-order valence-electron chi connectivity index (χ3n) is 16.9. The summed E-state index contributed by atoms with van der Waals surface area (Å²) in [6.07, 6.45) is 7.94. The third kappa shape index (κ3) is 23.6. The predicted molar refractivity (Wildman–Crippen MR) is 313 cm³/mol. The number of carbonyl (C=O) groups is 5. The summed E-state index contributed by atoms with van der Waals surface area (Å²) in [7, 11) is 3.12. The third-order valence-corrected chi connectivity index (χ3v) is 16.9. The molecule has 0 aromatic rings. The minimum atomic E-state index is -2.46. The summed E-state index contributed by atoms with van der Waals surface area (Å²) in [6.45, 7) is 19.2. The molecule has 0 spiro atoms. The number of ether oxygens (including phenoxy) is 10. The fraction of sp³-hybridized carbons (Fsp3) is 0.794. The Balaban J connectivity index is 1.46. The molecule has 3 fully saturated rings. The first kappa shape index (κ1) is 72.5. The molecule has 1 aliphatic carbocycles. The number of nitrogens with zero attached hydrogens (tertiary/aromatic N) is 1. The molecule has 21 heteroatoms. The van der Waals surface area contributed by atoms with Crippen LogP contribution in [0.1, 0.15) is 132 Å². The maximum Gasteiger partial charge on any atom is 0.407 e. The number of aliphatic hydroxyl groups is 4. The molecule has 4 aliphatic rings. The van der Waals surface area contributed by atoms with Crippen molar-refractivity contribution in [2.75, 3.05) is 93.4 Å². The Morgan fingerprint density at radius 1 is 0.750 bits per heavy atom. The number of nitrogens with one attached hydrogen (secondary N) is 1. The number of aliphatic hydroxyl groups excluding tert-OH is 3. The van der Waals surface area contributed by atoms with Crippen LogP contribution in [-0.2, 0) is 66.5 Å². The Kier molecular flexibility index (Phi) is 33.1. The maximum atomic E-state index is 14.6. The number of piperidine rings is 1. The highest BCUT2D eigenvalue weighted by atomic mass is 16.6. The van der Waals surface area contributed by atoms with E-state index in [1.807, 2.05) is 58.1 Å². The number of cyclic esters (lactones) is 1. The van der Waals surface area contributed by atoms with Gasteiger partial charge in [-0.25, -0.2) is 9.59 Å². The Hall–Kier alpha value is -3.97. The monoisotopic (exact) mass is 1190 g/mol. The van der Waals surface area contributed by atoms with Crippen molar-refractivity contribution < 1.29 is 91.8 Å². The molecule has 4 rings (SSSR count).